The van der Waals surface area contributed by atoms with Crippen LogP contribution in [0, 0.1) is 0 Å². The molecule has 5 nitrogen and oxygen atoms in total. The summed E-state index contributed by atoms with van der Waals surface area (Å²) in [6.07, 6.45) is 6.08. The predicted octanol–water partition coefficient (Wildman–Crippen LogP) is 4.03. The van der Waals surface area contributed by atoms with Crippen molar-refractivity contribution in [1.29, 1.82) is 0 Å². The van der Waals surface area contributed by atoms with Crippen molar-refractivity contribution in [3.63, 3.8) is 0 Å². The van der Waals surface area contributed by atoms with Gasteiger partial charge in [0.25, 0.3) is 5.91 Å². The first kappa shape index (κ1) is 20.5. The van der Waals surface area contributed by atoms with E-state index < -0.39 is 5.41 Å². The van der Waals surface area contributed by atoms with Crippen molar-refractivity contribution < 1.29 is 14.3 Å². The van der Waals surface area contributed by atoms with Gasteiger partial charge in [0, 0.05) is 6.04 Å². The lowest BCUT2D eigenvalue weighted by molar-refractivity contribution is -0.127. The van der Waals surface area contributed by atoms with Gasteiger partial charge in [-0.1, -0.05) is 55.3 Å². The van der Waals surface area contributed by atoms with Gasteiger partial charge in [-0.2, -0.15) is 0 Å². The molecule has 1 unspecified atom stereocenters. The van der Waals surface area contributed by atoms with Crippen molar-refractivity contribution in [1.82, 2.24) is 10.6 Å². The topological polar surface area (TPSA) is 67.4 Å². The summed E-state index contributed by atoms with van der Waals surface area (Å²) in [7, 11) is 0. The van der Waals surface area contributed by atoms with Gasteiger partial charge in [-0.25, -0.2) is 0 Å². The fourth-order valence-corrected chi connectivity index (χ4v) is 4.30. The molecule has 158 valence electrons. The first-order chi connectivity index (χ1) is 14.6. The quantitative estimate of drug-likeness (QED) is 0.695. The first-order valence-electron chi connectivity index (χ1n) is 11.0. The van der Waals surface area contributed by atoms with Gasteiger partial charge in [0.1, 0.15) is 5.75 Å². The van der Waals surface area contributed by atoms with Crippen LogP contribution in [0.1, 0.15) is 62.6 Å². The molecule has 0 spiro atoms. The van der Waals surface area contributed by atoms with Crippen LogP contribution in [0.2, 0.25) is 0 Å². The summed E-state index contributed by atoms with van der Waals surface area (Å²) >= 11 is 0. The number of benzene rings is 2. The van der Waals surface area contributed by atoms with Gasteiger partial charge in [0.2, 0.25) is 5.91 Å². The van der Waals surface area contributed by atoms with Crippen molar-refractivity contribution in [3.8, 4) is 5.75 Å². The van der Waals surface area contributed by atoms with Crippen LogP contribution in [0.25, 0.3) is 0 Å². The van der Waals surface area contributed by atoms with E-state index >= 15 is 0 Å². The number of carbonyl (C=O) groups is 2. The third kappa shape index (κ3) is 4.66. The lowest BCUT2D eigenvalue weighted by atomic mass is 9.77. The largest absolute Gasteiger partial charge is 0.484 e. The molecule has 2 amide bonds. The highest BCUT2D eigenvalue weighted by molar-refractivity contribution is 5.89. The Kier molecular flexibility index (Phi) is 6.07. The summed E-state index contributed by atoms with van der Waals surface area (Å²) in [4.78, 5) is 25.1. The van der Waals surface area contributed by atoms with Crippen LogP contribution >= 0.6 is 0 Å². The Morgan fingerprint density at radius 1 is 1.03 bits per heavy atom. The Bertz CT molecular complexity index is 869. The van der Waals surface area contributed by atoms with Crippen LogP contribution in [0.15, 0.2) is 54.6 Å². The standard InChI is InChI=1S/C25H30N2O3/c1-18(19-9-13-22(14-10-19)30-17-23(28)27-21-11-12-21)26-24(29)25(15-5-6-16-25)20-7-3-2-4-8-20/h2-4,7-10,13-14,18,21H,5-6,11-12,15-17H2,1H3,(H,26,29)(H,27,28). The fraction of sp³-hybridized carbons (Fsp3) is 0.440. The highest BCUT2D eigenvalue weighted by Gasteiger charge is 2.42. The van der Waals surface area contributed by atoms with Crippen molar-refractivity contribution in [2.45, 2.75) is 62.9 Å². The molecule has 0 heterocycles. The third-order valence-corrected chi connectivity index (χ3v) is 6.26. The molecule has 2 aromatic carbocycles. The molecule has 2 N–H and O–H groups in total. The summed E-state index contributed by atoms with van der Waals surface area (Å²) < 4.78 is 5.57. The molecule has 4 rings (SSSR count). The van der Waals surface area contributed by atoms with Gasteiger partial charge in [-0.05, 0) is 55.9 Å². The highest BCUT2D eigenvalue weighted by Crippen LogP contribution is 2.41. The molecule has 0 bridgehead atoms. The van der Waals surface area contributed by atoms with E-state index in [4.69, 9.17) is 4.74 Å². The van der Waals surface area contributed by atoms with E-state index in [0.29, 0.717) is 11.8 Å². The molecule has 30 heavy (non-hydrogen) atoms. The molecular weight excluding hydrogens is 376 g/mol. The van der Waals surface area contributed by atoms with Gasteiger partial charge >= 0.3 is 0 Å². The Morgan fingerprint density at radius 2 is 1.70 bits per heavy atom. The normalized spacial score (nSPS) is 18.4. The van der Waals surface area contributed by atoms with E-state index in [9.17, 15) is 9.59 Å². The van der Waals surface area contributed by atoms with Gasteiger partial charge in [-0.3, -0.25) is 9.59 Å². The summed E-state index contributed by atoms with van der Waals surface area (Å²) in [5.41, 5.74) is 1.70. The lowest BCUT2D eigenvalue weighted by Gasteiger charge is -2.30. The van der Waals surface area contributed by atoms with E-state index in [1.807, 2.05) is 49.4 Å². The summed E-state index contributed by atoms with van der Waals surface area (Å²) in [6, 6.07) is 18.0. The fourth-order valence-electron chi connectivity index (χ4n) is 4.30. The van der Waals surface area contributed by atoms with Crippen LogP contribution < -0.4 is 15.4 Å². The second-order valence-electron chi connectivity index (χ2n) is 8.55. The van der Waals surface area contributed by atoms with Crippen LogP contribution in [-0.4, -0.2) is 24.5 Å². The molecule has 1 atom stereocenters. The highest BCUT2D eigenvalue weighted by atomic mass is 16.5. The lowest BCUT2D eigenvalue weighted by Crippen LogP contribution is -2.43. The van der Waals surface area contributed by atoms with E-state index in [1.165, 1.54) is 0 Å². The Hall–Kier alpha value is -2.82. The number of amides is 2. The van der Waals surface area contributed by atoms with Crippen molar-refractivity contribution >= 4 is 11.8 Å². The zero-order valence-electron chi connectivity index (χ0n) is 17.5. The second kappa shape index (κ2) is 8.90. The zero-order valence-corrected chi connectivity index (χ0v) is 17.5. The monoisotopic (exact) mass is 406 g/mol. The average molecular weight is 407 g/mol. The Morgan fingerprint density at radius 3 is 2.33 bits per heavy atom. The van der Waals surface area contributed by atoms with Crippen LogP contribution in [0.3, 0.4) is 0 Å². The second-order valence-corrected chi connectivity index (χ2v) is 8.55. The minimum Gasteiger partial charge on any atom is -0.484 e. The molecule has 0 aromatic heterocycles. The Labute approximate surface area is 178 Å². The van der Waals surface area contributed by atoms with Crippen molar-refractivity contribution in [2.75, 3.05) is 6.61 Å². The van der Waals surface area contributed by atoms with Crippen LogP contribution in [0.5, 0.6) is 5.75 Å². The van der Waals surface area contributed by atoms with Gasteiger partial charge < -0.3 is 15.4 Å². The molecule has 5 heteroatoms. The van der Waals surface area contributed by atoms with Crippen LogP contribution in [-0.2, 0) is 15.0 Å². The minimum absolute atomic E-state index is 0.0295. The molecule has 2 fully saturated rings. The van der Waals surface area contributed by atoms with E-state index in [0.717, 1.165) is 49.7 Å². The minimum atomic E-state index is -0.423. The zero-order chi connectivity index (χ0) is 21.0. The maximum Gasteiger partial charge on any atom is 0.258 e. The van der Waals surface area contributed by atoms with Gasteiger partial charge in [0.15, 0.2) is 6.61 Å². The maximum atomic E-state index is 13.3. The maximum absolute atomic E-state index is 13.3. The van der Waals surface area contributed by atoms with Crippen molar-refractivity contribution in [2.24, 2.45) is 0 Å². The molecule has 0 radical (unpaired) electrons. The van der Waals surface area contributed by atoms with E-state index in [1.54, 1.807) is 0 Å². The smallest absolute Gasteiger partial charge is 0.258 e. The number of hydrogen-bond donors (Lipinski definition) is 2. The van der Waals surface area contributed by atoms with E-state index in [2.05, 4.69) is 22.8 Å². The van der Waals surface area contributed by atoms with Crippen LogP contribution in [0.4, 0.5) is 0 Å². The average Bonchev–Trinajstić information content (AvgIpc) is 3.43. The molecular formula is C25H30N2O3. The predicted molar refractivity (Wildman–Crippen MR) is 116 cm³/mol. The third-order valence-electron chi connectivity index (χ3n) is 6.26. The molecule has 0 saturated heterocycles. The van der Waals surface area contributed by atoms with E-state index in [-0.39, 0.29) is 24.5 Å². The van der Waals surface area contributed by atoms with Gasteiger partial charge in [-0.15, -0.1) is 0 Å². The Balaban J connectivity index is 1.36. The molecule has 0 aliphatic heterocycles. The molecule has 2 aliphatic carbocycles. The molecule has 2 saturated carbocycles. The molecule has 2 aromatic rings. The summed E-state index contributed by atoms with van der Waals surface area (Å²) in [6.45, 7) is 2.03. The number of nitrogens with one attached hydrogen (secondary N) is 2. The molecule has 2 aliphatic rings. The summed E-state index contributed by atoms with van der Waals surface area (Å²) in [5.74, 6) is 0.681. The first-order valence-corrected chi connectivity index (χ1v) is 11.0. The van der Waals surface area contributed by atoms with Crippen molar-refractivity contribution in [3.05, 3.63) is 65.7 Å². The number of carbonyl (C=O) groups excluding carboxylic acids is 2. The van der Waals surface area contributed by atoms with Gasteiger partial charge in [0.05, 0.1) is 11.5 Å². The number of ether oxygens (including phenoxy) is 1. The number of rotatable bonds is 8. The SMILES string of the molecule is CC(NC(=O)C1(c2ccccc2)CCCC1)c1ccc(OCC(=O)NC2CC2)cc1. The number of hydrogen-bond acceptors (Lipinski definition) is 3. The summed E-state index contributed by atoms with van der Waals surface area (Å²) in [5, 5.41) is 6.14.